The summed E-state index contributed by atoms with van der Waals surface area (Å²) in [6, 6.07) is 6.68. The van der Waals surface area contributed by atoms with Gasteiger partial charge in [0.1, 0.15) is 23.8 Å². The average Bonchev–Trinajstić information content (AvgIpc) is 3.59. The molecule has 1 atom stereocenters. The lowest BCUT2D eigenvalue weighted by atomic mass is 10.2. The van der Waals surface area contributed by atoms with Crippen molar-refractivity contribution in [1.82, 2.24) is 19.9 Å². The molecule has 2 aromatic carbocycles. The molecule has 1 amide bonds. The lowest BCUT2D eigenvalue weighted by Gasteiger charge is -2.22. The third kappa shape index (κ3) is 7.23. The number of nitrogens with zero attached hydrogens (tertiary/aromatic N) is 4. The van der Waals surface area contributed by atoms with Gasteiger partial charge in [-0.05, 0) is 44.0 Å². The zero-order valence-electron chi connectivity index (χ0n) is 22.4. The molecular formula is C28H30F2N6O4S. The van der Waals surface area contributed by atoms with Gasteiger partial charge in [0, 0.05) is 46.9 Å². The van der Waals surface area contributed by atoms with Crippen LogP contribution in [0.5, 0.6) is 11.5 Å². The second kappa shape index (κ2) is 13.1. The zero-order chi connectivity index (χ0) is 28.8. The van der Waals surface area contributed by atoms with Crippen LogP contribution in [-0.2, 0) is 11.2 Å². The van der Waals surface area contributed by atoms with Gasteiger partial charge >= 0.3 is 0 Å². The maximum atomic E-state index is 13.4. The van der Waals surface area contributed by atoms with E-state index in [1.807, 2.05) is 0 Å². The van der Waals surface area contributed by atoms with Gasteiger partial charge in [0.2, 0.25) is 5.91 Å². The molecule has 0 bridgehead atoms. The summed E-state index contributed by atoms with van der Waals surface area (Å²) in [6.07, 6.45) is 5.93. The fourth-order valence-electron chi connectivity index (χ4n) is 4.82. The molecule has 216 valence electrons. The third-order valence-electron chi connectivity index (χ3n) is 6.74. The van der Waals surface area contributed by atoms with Crippen molar-refractivity contribution in [2.24, 2.45) is 0 Å². The molecule has 1 fully saturated rings. The number of methoxy groups -OCH3 is 1. The van der Waals surface area contributed by atoms with E-state index in [1.54, 1.807) is 25.4 Å². The first-order valence-corrected chi connectivity index (χ1v) is 14.0. The fraction of sp³-hybridized carbons (Fsp3) is 0.357. The van der Waals surface area contributed by atoms with E-state index in [1.165, 1.54) is 17.7 Å². The highest BCUT2D eigenvalue weighted by Gasteiger charge is 2.23. The van der Waals surface area contributed by atoms with Crippen LogP contribution in [0.25, 0.3) is 10.9 Å². The summed E-state index contributed by atoms with van der Waals surface area (Å²) in [5, 5.41) is 16.4. The number of hydrogen-bond donors (Lipinski definition) is 3. The van der Waals surface area contributed by atoms with Crippen molar-refractivity contribution in [2.75, 3.05) is 44.0 Å². The first-order chi connectivity index (χ1) is 19.9. The van der Waals surface area contributed by atoms with Crippen molar-refractivity contribution >= 4 is 44.8 Å². The number of amides is 1. The number of carbonyl (C=O) groups excluding carboxylic acids is 1. The van der Waals surface area contributed by atoms with Crippen LogP contribution in [0.2, 0.25) is 0 Å². The molecule has 0 saturated carbocycles. The average molecular weight is 585 g/mol. The second-order valence-corrected chi connectivity index (χ2v) is 10.7. The second-order valence-electron chi connectivity index (χ2n) is 9.60. The topological polar surface area (TPSA) is 122 Å². The van der Waals surface area contributed by atoms with Crippen molar-refractivity contribution in [3.63, 3.8) is 0 Å². The van der Waals surface area contributed by atoms with E-state index in [-0.39, 0.29) is 24.8 Å². The normalized spacial score (nSPS) is 15.3. The van der Waals surface area contributed by atoms with Crippen LogP contribution in [0.4, 0.5) is 25.4 Å². The highest BCUT2D eigenvalue weighted by molar-refractivity contribution is 7.15. The molecule has 0 radical (unpaired) electrons. The molecular weight excluding hydrogens is 554 g/mol. The SMILES string of the molecule is COc1cc2c(Nc3ncc(CC(=O)Nc4cc(F)cc(F)c4)s3)ncnc2cc1OCCCN1CCC[C@H]1CO. The number of rotatable bonds is 12. The molecule has 0 unspecified atom stereocenters. The van der Waals surface area contributed by atoms with Crippen LogP contribution in [0, 0.1) is 11.6 Å². The number of aliphatic hydroxyl groups excluding tert-OH is 1. The van der Waals surface area contributed by atoms with E-state index < -0.39 is 17.5 Å². The maximum absolute atomic E-state index is 13.4. The summed E-state index contributed by atoms with van der Waals surface area (Å²) in [5.74, 6) is -0.355. The fourth-order valence-corrected chi connectivity index (χ4v) is 5.63. The number of aliphatic hydroxyl groups is 1. The quantitative estimate of drug-likeness (QED) is 0.206. The molecule has 1 aliphatic rings. The smallest absolute Gasteiger partial charge is 0.229 e. The van der Waals surface area contributed by atoms with E-state index in [4.69, 9.17) is 9.47 Å². The Balaban J connectivity index is 1.22. The van der Waals surface area contributed by atoms with E-state index in [0.717, 1.165) is 50.6 Å². The molecule has 13 heteroatoms. The Kier molecular flexibility index (Phi) is 9.17. The number of fused-ring (bicyclic) bond motifs is 1. The summed E-state index contributed by atoms with van der Waals surface area (Å²) in [7, 11) is 1.57. The number of carbonyl (C=O) groups is 1. The van der Waals surface area contributed by atoms with Gasteiger partial charge in [-0.25, -0.2) is 23.7 Å². The molecule has 2 aromatic heterocycles. The van der Waals surface area contributed by atoms with Gasteiger partial charge in [-0.3, -0.25) is 9.69 Å². The first-order valence-electron chi connectivity index (χ1n) is 13.2. The zero-order valence-corrected chi connectivity index (χ0v) is 23.2. The van der Waals surface area contributed by atoms with Crippen LogP contribution in [-0.4, -0.2) is 70.3 Å². The highest BCUT2D eigenvalue weighted by atomic mass is 32.1. The summed E-state index contributed by atoms with van der Waals surface area (Å²) in [6.45, 7) is 2.54. The minimum Gasteiger partial charge on any atom is -0.493 e. The van der Waals surface area contributed by atoms with Gasteiger partial charge < -0.3 is 25.2 Å². The standard InChI is InChI=1S/C28H30F2N6O4S/c1-39-24-12-22-23(13-25(24)40-7-3-6-36-5-2-4-20(36)15-37)32-16-33-27(22)35-28-31-14-21(41-28)11-26(38)34-19-9-17(29)8-18(30)10-19/h8-10,12-14,16,20,37H,2-7,11,15H2,1H3,(H,34,38)(H,31,32,33,35)/t20-/m0/s1. The van der Waals surface area contributed by atoms with E-state index in [0.29, 0.717) is 44.8 Å². The first kappa shape index (κ1) is 28.6. The number of likely N-dealkylation sites (tertiary alicyclic amines) is 1. The summed E-state index contributed by atoms with van der Waals surface area (Å²) >= 11 is 1.25. The molecule has 1 saturated heterocycles. The minimum absolute atomic E-state index is 0.0189. The number of thiazole rings is 1. The van der Waals surface area contributed by atoms with Gasteiger partial charge in [0.15, 0.2) is 16.6 Å². The van der Waals surface area contributed by atoms with Crippen molar-refractivity contribution < 1.29 is 28.2 Å². The Morgan fingerprint density at radius 2 is 1.98 bits per heavy atom. The molecule has 4 aromatic rings. The number of hydrogen-bond acceptors (Lipinski definition) is 10. The van der Waals surface area contributed by atoms with Gasteiger partial charge in [-0.1, -0.05) is 0 Å². The van der Waals surface area contributed by atoms with Crippen molar-refractivity contribution in [1.29, 1.82) is 0 Å². The summed E-state index contributed by atoms with van der Waals surface area (Å²) < 4.78 is 38.4. The molecule has 3 heterocycles. The Labute approximate surface area is 239 Å². The van der Waals surface area contributed by atoms with Crippen molar-refractivity contribution in [2.45, 2.75) is 31.7 Å². The van der Waals surface area contributed by atoms with Gasteiger partial charge in [-0.15, -0.1) is 11.3 Å². The third-order valence-corrected chi connectivity index (χ3v) is 7.65. The Morgan fingerprint density at radius 1 is 1.15 bits per heavy atom. The Morgan fingerprint density at radius 3 is 2.76 bits per heavy atom. The monoisotopic (exact) mass is 584 g/mol. The molecule has 1 aliphatic heterocycles. The highest BCUT2D eigenvalue weighted by Crippen LogP contribution is 2.35. The lowest BCUT2D eigenvalue weighted by molar-refractivity contribution is -0.115. The minimum atomic E-state index is -0.772. The van der Waals surface area contributed by atoms with Crippen LogP contribution in [0.15, 0.2) is 42.9 Å². The van der Waals surface area contributed by atoms with E-state index >= 15 is 0 Å². The van der Waals surface area contributed by atoms with Crippen LogP contribution in [0.1, 0.15) is 24.1 Å². The number of aromatic nitrogens is 3. The summed E-state index contributed by atoms with van der Waals surface area (Å²) in [5.41, 5.74) is 0.693. The van der Waals surface area contributed by atoms with Gasteiger partial charge in [-0.2, -0.15) is 0 Å². The van der Waals surface area contributed by atoms with Crippen molar-refractivity contribution in [3.8, 4) is 11.5 Å². The van der Waals surface area contributed by atoms with Crippen LogP contribution < -0.4 is 20.1 Å². The number of anilines is 3. The number of benzene rings is 2. The molecule has 5 rings (SSSR count). The molecule has 0 aliphatic carbocycles. The predicted octanol–water partition coefficient (Wildman–Crippen LogP) is 4.52. The Bertz CT molecular complexity index is 1500. The molecule has 0 spiro atoms. The number of halogens is 2. The molecule has 10 nitrogen and oxygen atoms in total. The molecule has 41 heavy (non-hydrogen) atoms. The number of nitrogens with one attached hydrogen (secondary N) is 2. The lowest BCUT2D eigenvalue weighted by Crippen LogP contribution is -2.33. The largest absolute Gasteiger partial charge is 0.493 e. The predicted molar refractivity (Wildman–Crippen MR) is 152 cm³/mol. The van der Waals surface area contributed by atoms with E-state index in [2.05, 4.69) is 30.5 Å². The number of ether oxygens (including phenoxy) is 2. The van der Waals surface area contributed by atoms with Crippen molar-refractivity contribution in [3.05, 3.63) is 59.4 Å². The van der Waals surface area contributed by atoms with Gasteiger partial charge in [0.25, 0.3) is 0 Å². The Hall–Kier alpha value is -3.94. The van der Waals surface area contributed by atoms with Gasteiger partial charge in [0.05, 0.1) is 32.3 Å². The molecule has 3 N–H and O–H groups in total. The van der Waals surface area contributed by atoms with Crippen LogP contribution in [0.3, 0.4) is 0 Å². The van der Waals surface area contributed by atoms with E-state index in [9.17, 15) is 18.7 Å². The van der Waals surface area contributed by atoms with Crippen LogP contribution >= 0.6 is 11.3 Å². The summed E-state index contributed by atoms with van der Waals surface area (Å²) in [4.78, 5) is 28.4. The maximum Gasteiger partial charge on any atom is 0.229 e.